The molecule has 3 heterocycles. The highest BCUT2D eigenvalue weighted by atomic mass is 16.5. The van der Waals surface area contributed by atoms with Gasteiger partial charge in [-0.2, -0.15) is 0 Å². The fourth-order valence-corrected chi connectivity index (χ4v) is 4.72. The van der Waals surface area contributed by atoms with Gasteiger partial charge in [0.25, 0.3) is 5.91 Å². The maximum atomic E-state index is 11.4. The van der Waals surface area contributed by atoms with Gasteiger partial charge in [0.05, 0.1) is 5.56 Å². The van der Waals surface area contributed by atoms with Crippen LogP contribution in [0.15, 0.2) is 54.9 Å². The topological polar surface area (TPSA) is 81.6 Å². The molecule has 0 saturated carbocycles. The summed E-state index contributed by atoms with van der Waals surface area (Å²) in [4.78, 5) is 24.7. The lowest BCUT2D eigenvalue weighted by molar-refractivity contribution is 0.0119. The summed E-state index contributed by atoms with van der Waals surface area (Å²) in [6, 6.07) is 15.1. The first-order valence-corrected chi connectivity index (χ1v) is 9.86. The predicted octanol–water partition coefficient (Wildman–Crippen LogP) is 2.46. The monoisotopic (exact) mass is 389 g/mol. The van der Waals surface area contributed by atoms with Crippen LogP contribution in [0.25, 0.3) is 10.8 Å². The SMILES string of the molecule is O=C(NO)c1cnc(N2CCC3(CN(Cc4cccc5ccccc45)C3)C2)nc1. The van der Waals surface area contributed by atoms with Crippen LogP contribution in [-0.4, -0.2) is 52.2 Å². The molecule has 0 bridgehead atoms. The Morgan fingerprint density at radius 3 is 2.62 bits per heavy atom. The van der Waals surface area contributed by atoms with Crippen LogP contribution in [0.1, 0.15) is 22.3 Å². The van der Waals surface area contributed by atoms with Crippen molar-refractivity contribution in [3.63, 3.8) is 0 Å². The molecular formula is C22H23N5O2. The van der Waals surface area contributed by atoms with Gasteiger partial charge >= 0.3 is 0 Å². The number of rotatable bonds is 4. The highest BCUT2D eigenvalue weighted by molar-refractivity contribution is 5.92. The fraction of sp³-hybridized carbons (Fsp3) is 0.318. The number of benzene rings is 2. The first-order chi connectivity index (χ1) is 14.2. The number of carbonyl (C=O) groups excluding carboxylic acids is 1. The Labute approximate surface area is 168 Å². The van der Waals surface area contributed by atoms with Crippen LogP contribution >= 0.6 is 0 Å². The van der Waals surface area contributed by atoms with E-state index in [0.717, 1.165) is 39.1 Å². The van der Waals surface area contributed by atoms with E-state index in [2.05, 4.69) is 62.2 Å². The zero-order valence-electron chi connectivity index (χ0n) is 16.1. The molecule has 0 aliphatic carbocycles. The van der Waals surface area contributed by atoms with Crippen molar-refractivity contribution in [2.45, 2.75) is 13.0 Å². The Kier molecular flexibility index (Phi) is 4.41. The molecule has 3 aromatic rings. The molecule has 7 heteroatoms. The smallest absolute Gasteiger partial charge is 0.277 e. The number of nitrogens with zero attached hydrogens (tertiary/aromatic N) is 4. The molecule has 2 saturated heterocycles. The van der Waals surface area contributed by atoms with Gasteiger partial charge in [-0.15, -0.1) is 0 Å². The van der Waals surface area contributed by atoms with Crippen LogP contribution in [0.4, 0.5) is 5.95 Å². The summed E-state index contributed by atoms with van der Waals surface area (Å²) >= 11 is 0. The van der Waals surface area contributed by atoms with Crippen molar-refractivity contribution in [2.24, 2.45) is 5.41 Å². The van der Waals surface area contributed by atoms with Crippen LogP contribution in [0.5, 0.6) is 0 Å². The van der Waals surface area contributed by atoms with Gasteiger partial charge in [-0.1, -0.05) is 42.5 Å². The third kappa shape index (κ3) is 3.32. The Morgan fingerprint density at radius 1 is 1.07 bits per heavy atom. The lowest BCUT2D eigenvalue weighted by Gasteiger charge is -2.48. The first kappa shape index (κ1) is 18.0. The molecule has 2 N–H and O–H groups in total. The van der Waals surface area contributed by atoms with Gasteiger partial charge in [-0.3, -0.25) is 14.9 Å². The Balaban J connectivity index is 1.22. The van der Waals surface area contributed by atoms with Crippen LogP contribution < -0.4 is 10.4 Å². The second-order valence-corrected chi connectivity index (χ2v) is 8.17. The number of aromatic nitrogens is 2. The largest absolute Gasteiger partial charge is 0.340 e. The maximum Gasteiger partial charge on any atom is 0.277 e. The number of likely N-dealkylation sites (tertiary alicyclic amines) is 1. The highest BCUT2D eigenvalue weighted by Crippen LogP contribution is 2.41. The summed E-state index contributed by atoms with van der Waals surface area (Å²) in [6.07, 6.45) is 4.03. The Morgan fingerprint density at radius 2 is 1.83 bits per heavy atom. The van der Waals surface area contributed by atoms with Crippen LogP contribution in [0.3, 0.4) is 0 Å². The number of fused-ring (bicyclic) bond motifs is 1. The van der Waals surface area contributed by atoms with E-state index < -0.39 is 5.91 Å². The average Bonchev–Trinajstić information content (AvgIpc) is 3.19. The average molecular weight is 389 g/mol. The molecule has 1 aromatic heterocycles. The van der Waals surface area contributed by atoms with E-state index in [0.29, 0.717) is 11.4 Å². The summed E-state index contributed by atoms with van der Waals surface area (Å²) in [6.45, 7) is 5.00. The molecule has 148 valence electrons. The molecule has 5 rings (SSSR count). The standard InChI is InChI=1S/C22H23N5O2/c28-20(25-29)18-10-23-21(24-11-18)27-9-8-22(15-27)13-26(14-22)12-17-6-3-5-16-4-1-2-7-19(16)17/h1-7,10-11,29H,8-9,12-15H2,(H,25,28). The quantitative estimate of drug-likeness (QED) is 0.527. The van der Waals surface area contributed by atoms with E-state index in [1.807, 2.05) is 0 Å². The third-order valence-corrected chi connectivity index (χ3v) is 6.12. The zero-order chi connectivity index (χ0) is 19.8. The minimum Gasteiger partial charge on any atom is -0.340 e. The van der Waals surface area contributed by atoms with Gasteiger partial charge in [0.1, 0.15) is 0 Å². The van der Waals surface area contributed by atoms with Crippen molar-refractivity contribution < 1.29 is 10.0 Å². The molecule has 2 aliphatic rings. The molecule has 1 spiro atoms. The summed E-state index contributed by atoms with van der Waals surface area (Å²) < 4.78 is 0. The Hall–Kier alpha value is -3.03. The third-order valence-electron chi connectivity index (χ3n) is 6.12. The number of hydrogen-bond acceptors (Lipinski definition) is 6. The van der Waals surface area contributed by atoms with Gasteiger partial charge in [-0.25, -0.2) is 15.4 Å². The molecule has 1 amide bonds. The van der Waals surface area contributed by atoms with Crippen molar-refractivity contribution in [3.8, 4) is 0 Å². The van der Waals surface area contributed by atoms with Gasteiger partial charge in [0.15, 0.2) is 0 Å². The van der Waals surface area contributed by atoms with Crippen molar-refractivity contribution in [1.29, 1.82) is 0 Å². The number of nitrogens with one attached hydrogen (secondary N) is 1. The highest BCUT2D eigenvalue weighted by Gasteiger charge is 2.47. The molecule has 0 atom stereocenters. The summed E-state index contributed by atoms with van der Waals surface area (Å²) in [5.41, 5.74) is 3.53. The normalized spacial score (nSPS) is 18.2. The second-order valence-electron chi connectivity index (χ2n) is 8.17. The summed E-state index contributed by atoms with van der Waals surface area (Å²) in [5, 5.41) is 11.3. The minimum atomic E-state index is -0.600. The predicted molar refractivity (Wildman–Crippen MR) is 110 cm³/mol. The van der Waals surface area contributed by atoms with E-state index in [-0.39, 0.29) is 5.56 Å². The lowest BCUT2D eigenvalue weighted by Crippen LogP contribution is -2.56. The second kappa shape index (κ2) is 7.09. The maximum absolute atomic E-state index is 11.4. The van der Waals surface area contributed by atoms with Gasteiger partial charge < -0.3 is 4.90 Å². The molecule has 2 aromatic carbocycles. The molecule has 2 fully saturated rings. The number of anilines is 1. The summed E-state index contributed by atoms with van der Waals surface area (Å²) in [7, 11) is 0. The van der Waals surface area contributed by atoms with Crippen molar-refractivity contribution >= 4 is 22.6 Å². The van der Waals surface area contributed by atoms with E-state index in [1.165, 1.54) is 28.7 Å². The first-order valence-electron chi connectivity index (χ1n) is 9.86. The molecule has 29 heavy (non-hydrogen) atoms. The fourth-order valence-electron chi connectivity index (χ4n) is 4.72. The number of carbonyl (C=O) groups is 1. The van der Waals surface area contributed by atoms with E-state index >= 15 is 0 Å². The molecule has 2 aliphatic heterocycles. The number of hydrogen-bond donors (Lipinski definition) is 2. The number of hydroxylamine groups is 1. The van der Waals surface area contributed by atoms with E-state index in [9.17, 15) is 4.79 Å². The van der Waals surface area contributed by atoms with Gasteiger partial charge in [0, 0.05) is 50.5 Å². The Bertz CT molecular complexity index is 1040. The van der Waals surface area contributed by atoms with Crippen LogP contribution in [0, 0.1) is 5.41 Å². The van der Waals surface area contributed by atoms with Gasteiger partial charge in [-0.05, 0) is 22.8 Å². The van der Waals surface area contributed by atoms with E-state index in [1.54, 1.807) is 5.48 Å². The van der Waals surface area contributed by atoms with Crippen molar-refractivity contribution in [3.05, 3.63) is 66.0 Å². The minimum absolute atomic E-state index is 0.245. The summed E-state index contributed by atoms with van der Waals surface area (Å²) in [5.74, 6) is 0.0429. The van der Waals surface area contributed by atoms with Gasteiger partial charge in [0.2, 0.25) is 5.95 Å². The van der Waals surface area contributed by atoms with Crippen molar-refractivity contribution in [1.82, 2.24) is 20.3 Å². The molecular weight excluding hydrogens is 366 g/mol. The van der Waals surface area contributed by atoms with Crippen molar-refractivity contribution in [2.75, 3.05) is 31.1 Å². The van der Waals surface area contributed by atoms with Crippen LogP contribution in [0.2, 0.25) is 0 Å². The molecule has 0 radical (unpaired) electrons. The molecule has 0 unspecified atom stereocenters. The lowest BCUT2D eigenvalue weighted by atomic mass is 9.79. The number of amides is 1. The zero-order valence-corrected chi connectivity index (χ0v) is 16.1. The van der Waals surface area contributed by atoms with Crippen LogP contribution in [-0.2, 0) is 6.54 Å². The molecule has 7 nitrogen and oxygen atoms in total. The van der Waals surface area contributed by atoms with E-state index in [4.69, 9.17) is 5.21 Å².